The van der Waals surface area contributed by atoms with Crippen molar-refractivity contribution in [2.75, 3.05) is 30.7 Å². The Morgan fingerprint density at radius 3 is 2.62 bits per heavy atom. The molecule has 2 aromatic carbocycles. The van der Waals surface area contributed by atoms with Gasteiger partial charge >= 0.3 is 6.03 Å². The van der Waals surface area contributed by atoms with Crippen LogP contribution in [0.25, 0.3) is 0 Å². The molecule has 1 aliphatic rings. The van der Waals surface area contributed by atoms with Crippen LogP contribution in [-0.2, 0) is 4.79 Å². The number of nitrogens with zero attached hydrogens (tertiary/aromatic N) is 1. The number of anilines is 1. The third-order valence-electron chi connectivity index (χ3n) is 4.81. The van der Waals surface area contributed by atoms with Crippen LogP contribution in [0, 0.1) is 11.7 Å². The summed E-state index contributed by atoms with van der Waals surface area (Å²) in [5.41, 5.74) is 0.753. The summed E-state index contributed by atoms with van der Waals surface area (Å²) >= 11 is 1.64. The normalized spacial score (nSPS) is 16.3. The Hall–Kier alpha value is -2.54. The fourth-order valence-corrected chi connectivity index (χ4v) is 4.10. The summed E-state index contributed by atoms with van der Waals surface area (Å²) in [6.07, 6.45) is 2.45. The molecule has 1 aliphatic heterocycles. The largest absolute Gasteiger partial charge is 0.356 e. The van der Waals surface area contributed by atoms with Crippen LogP contribution in [-0.4, -0.2) is 42.2 Å². The van der Waals surface area contributed by atoms with Crippen LogP contribution in [0.2, 0.25) is 0 Å². The van der Waals surface area contributed by atoms with E-state index in [1.807, 2.05) is 30.3 Å². The lowest BCUT2D eigenvalue weighted by atomic mass is 9.97. The highest BCUT2D eigenvalue weighted by Gasteiger charge is 2.28. The van der Waals surface area contributed by atoms with E-state index in [1.165, 1.54) is 12.1 Å². The molecule has 3 amide bonds. The lowest BCUT2D eigenvalue weighted by molar-refractivity contribution is -0.126. The number of rotatable bonds is 7. The second kappa shape index (κ2) is 10.9. The Labute approximate surface area is 175 Å². The number of urea groups is 1. The molecule has 3 rings (SSSR count). The number of para-hydroxylation sites is 1. The van der Waals surface area contributed by atoms with Crippen molar-refractivity contribution in [2.45, 2.75) is 24.2 Å². The molecule has 1 heterocycles. The number of hydrogen-bond donors (Lipinski definition) is 2. The second-order valence-corrected chi connectivity index (χ2v) is 8.20. The molecule has 0 aliphatic carbocycles. The molecule has 7 heteroatoms. The van der Waals surface area contributed by atoms with Crippen molar-refractivity contribution in [1.82, 2.24) is 10.2 Å². The molecular formula is C22H26FN3O2S. The van der Waals surface area contributed by atoms with E-state index in [1.54, 1.807) is 28.8 Å². The number of hydrogen-bond acceptors (Lipinski definition) is 3. The van der Waals surface area contributed by atoms with E-state index in [0.717, 1.165) is 35.6 Å². The Balaban J connectivity index is 1.36. The highest BCUT2D eigenvalue weighted by molar-refractivity contribution is 7.99. The number of nitrogens with one attached hydrogen (secondary N) is 2. The summed E-state index contributed by atoms with van der Waals surface area (Å²) in [7, 11) is 0. The first-order chi connectivity index (χ1) is 14.1. The van der Waals surface area contributed by atoms with Gasteiger partial charge in [-0.1, -0.05) is 18.2 Å². The van der Waals surface area contributed by atoms with Gasteiger partial charge in [0.15, 0.2) is 0 Å². The van der Waals surface area contributed by atoms with Crippen molar-refractivity contribution in [3.8, 4) is 0 Å². The van der Waals surface area contributed by atoms with E-state index in [-0.39, 0.29) is 23.7 Å². The standard InChI is InChI=1S/C22H26FN3O2S/c23-18-9-11-20(12-10-18)29-15-5-13-24-21(27)17-6-4-14-26(16-17)22(28)25-19-7-2-1-3-8-19/h1-3,7-12,17H,4-6,13-16H2,(H,24,27)(H,25,28)/t17-/m1/s1. The predicted octanol–water partition coefficient (Wildman–Crippen LogP) is 4.37. The third-order valence-corrected chi connectivity index (χ3v) is 5.91. The van der Waals surface area contributed by atoms with Gasteiger partial charge in [-0.15, -0.1) is 11.8 Å². The zero-order chi connectivity index (χ0) is 20.5. The minimum atomic E-state index is -0.236. The van der Waals surface area contributed by atoms with Crippen LogP contribution in [0.1, 0.15) is 19.3 Å². The second-order valence-electron chi connectivity index (χ2n) is 7.03. The van der Waals surface area contributed by atoms with Gasteiger partial charge in [0.2, 0.25) is 5.91 Å². The average molecular weight is 416 g/mol. The Morgan fingerprint density at radius 1 is 1.10 bits per heavy atom. The van der Waals surface area contributed by atoms with Gasteiger partial charge in [-0.3, -0.25) is 4.79 Å². The molecule has 0 unspecified atom stereocenters. The summed E-state index contributed by atoms with van der Waals surface area (Å²) in [4.78, 5) is 27.7. The maximum absolute atomic E-state index is 12.9. The molecule has 0 saturated carbocycles. The zero-order valence-corrected chi connectivity index (χ0v) is 17.1. The van der Waals surface area contributed by atoms with Crippen LogP contribution < -0.4 is 10.6 Å². The number of carbonyl (C=O) groups excluding carboxylic acids is 2. The van der Waals surface area contributed by atoms with E-state index >= 15 is 0 Å². The molecule has 154 valence electrons. The van der Waals surface area contributed by atoms with Crippen LogP contribution in [0.4, 0.5) is 14.9 Å². The summed E-state index contributed by atoms with van der Waals surface area (Å²) in [6, 6.07) is 15.6. The molecule has 5 nitrogen and oxygen atoms in total. The predicted molar refractivity (Wildman–Crippen MR) is 115 cm³/mol. The van der Waals surface area contributed by atoms with Crippen LogP contribution in [0.5, 0.6) is 0 Å². The first-order valence-corrected chi connectivity index (χ1v) is 10.9. The molecule has 1 saturated heterocycles. The van der Waals surface area contributed by atoms with Gasteiger partial charge < -0.3 is 15.5 Å². The lowest BCUT2D eigenvalue weighted by Gasteiger charge is -2.32. The highest BCUT2D eigenvalue weighted by atomic mass is 32.2. The fourth-order valence-electron chi connectivity index (χ4n) is 3.25. The molecule has 29 heavy (non-hydrogen) atoms. The van der Waals surface area contributed by atoms with E-state index in [2.05, 4.69) is 10.6 Å². The van der Waals surface area contributed by atoms with E-state index in [4.69, 9.17) is 0 Å². The molecule has 0 spiro atoms. The van der Waals surface area contributed by atoms with Crippen molar-refractivity contribution in [2.24, 2.45) is 5.92 Å². The van der Waals surface area contributed by atoms with E-state index in [9.17, 15) is 14.0 Å². The van der Waals surface area contributed by atoms with Crippen molar-refractivity contribution < 1.29 is 14.0 Å². The third kappa shape index (κ3) is 6.78. The SMILES string of the molecule is O=C(NCCCSc1ccc(F)cc1)[C@@H]1CCCN(C(=O)Nc2ccccc2)C1. The Kier molecular flexibility index (Phi) is 7.93. The smallest absolute Gasteiger partial charge is 0.321 e. The average Bonchev–Trinajstić information content (AvgIpc) is 2.75. The van der Waals surface area contributed by atoms with Crippen LogP contribution >= 0.6 is 11.8 Å². The quantitative estimate of drug-likeness (QED) is 0.522. The number of piperidine rings is 1. The number of halogens is 1. The molecule has 2 N–H and O–H groups in total. The maximum Gasteiger partial charge on any atom is 0.321 e. The number of carbonyl (C=O) groups is 2. The molecule has 0 radical (unpaired) electrons. The summed E-state index contributed by atoms with van der Waals surface area (Å²) in [6.45, 7) is 1.70. The van der Waals surface area contributed by atoms with Crippen LogP contribution in [0.3, 0.4) is 0 Å². The molecule has 1 atom stereocenters. The molecule has 2 aromatic rings. The summed E-state index contributed by atoms with van der Waals surface area (Å²) in [5, 5.41) is 5.87. The van der Waals surface area contributed by atoms with Crippen molar-refractivity contribution in [3.05, 3.63) is 60.4 Å². The monoisotopic (exact) mass is 415 g/mol. The van der Waals surface area contributed by atoms with Crippen molar-refractivity contribution in [1.29, 1.82) is 0 Å². The topological polar surface area (TPSA) is 61.4 Å². The van der Waals surface area contributed by atoms with Gasteiger partial charge in [-0.05, 0) is 61.4 Å². The van der Waals surface area contributed by atoms with Gasteiger partial charge in [-0.25, -0.2) is 9.18 Å². The minimum absolute atomic E-state index is 0.00833. The number of amides is 3. The number of likely N-dealkylation sites (tertiary alicyclic amines) is 1. The van der Waals surface area contributed by atoms with Gasteiger partial charge in [0.25, 0.3) is 0 Å². The van der Waals surface area contributed by atoms with Crippen molar-refractivity contribution in [3.63, 3.8) is 0 Å². The summed E-state index contributed by atoms with van der Waals surface area (Å²) in [5.74, 6) is 0.451. The molecule has 1 fully saturated rings. The van der Waals surface area contributed by atoms with Crippen LogP contribution in [0.15, 0.2) is 59.5 Å². The highest BCUT2D eigenvalue weighted by Crippen LogP contribution is 2.20. The summed E-state index contributed by atoms with van der Waals surface area (Å²) < 4.78 is 12.9. The lowest BCUT2D eigenvalue weighted by Crippen LogP contribution is -2.47. The molecular weight excluding hydrogens is 389 g/mol. The number of thioether (sulfide) groups is 1. The fraction of sp³-hybridized carbons (Fsp3) is 0.364. The number of benzene rings is 2. The first kappa shape index (κ1) is 21.2. The first-order valence-electron chi connectivity index (χ1n) is 9.89. The molecule has 0 bridgehead atoms. The maximum atomic E-state index is 12.9. The van der Waals surface area contributed by atoms with Gasteiger partial charge in [0, 0.05) is 30.2 Å². The van der Waals surface area contributed by atoms with E-state index in [0.29, 0.717) is 19.6 Å². The Bertz CT molecular complexity index is 801. The van der Waals surface area contributed by atoms with Gasteiger partial charge in [0.05, 0.1) is 5.92 Å². The Morgan fingerprint density at radius 2 is 1.86 bits per heavy atom. The van der Waals surface area contributed by atoms with Gasteiger partial charge in [0.1, 0.15) is 5.82 Å². The zero-order valence-electron chi connectivity index (χ0n) is 16.3. The van der Waals surface area contributed by atoms with E-state index < -0.39 is 0 Å². The van der Waals surface area contributed by atoms with Crippen molar-refractivity contribution >= 4 is 29.4 Å². The molecule has 0 aromatic heterocycles. The van der Waals surface area contributed by atoms with Gasteiger partial charge in [-0.2, -0.15) is 0 Å². The minimum Gasteiger partial charge on any atom is -0.356 e.